The third-order valence-corrected chi connectivity index (χ3v) is 4.42. The molecule has 0 aromatic heterocycles. The molecule has 1 aromatic carbocycles. The number of ether oxygens (including phenoxy) is 1. The lowest BCUT2D eigenvalue weighted by Gasteiger charge is -2.24. The molecule has 1 fully saturated rings. The lowest BCUT2D eigenvalue weighted by molar-refractivity contribution is 0.258. The van der Waals surface area contributed by atoms with E-state index in [0.717, 1.165) is 44.8 Å². The average molecular weight is 260 g/mol. The largest absolute Gasteiger partial charge is 0.493 e. The van der Waals surface area contributed by atoms with E-state index >= 15 is 0 Å². The van der Waals surface area contributed by atoms with Crippen LogP contribution in [0.5, 0.6) is 5.75 Å². The normalized spacial score (nSPS) is 19.9. The highest BCUT2D eigenvalue weighted by Crippen LogP contribution is 2.45. The number of fused-ring (bicyclic) bond motifs is 1. The lowest BCUT2D eigenvalue weighted by atomic mass is 10.0. The molecule has 19 heavy (non-hydrogen) atoms. The molecule has 0 saturated heterocycles. The summed E-state index contributed by atoms with van der Waals surface area (Å²) >= 11 is 0. The van der Waals surface area contributed by atoms with E-state index in [4.69, 9.17) is 10.5 Å². The number of hydrogen-bond donors (Lipinski definition) is 1. The molecule has 3 heteroatoms. The van der Waals surface area contributed by atoms with Gasteiger partial charge in [-0.1, -0.05) is 12.1 Å². The first-order chi connectivity index (χ1) is 9.21. The number of nitrogens with two attached hydrogens (primary N) is 1. The van der Waals surface area contributed by atoms with Gasteiger partial charge in [-0.15, -0.1) is 0 Å². The van der Waals surface area contributed by atoms with Gasteiger partial charge in [0.1, 0.15) is 5.75 Å². The Kier molecular flexibility index (Phi) is 3.50. The predicted molar refractivity (Wildman–Crippen MR) is 77.3 cm³/mol. The van der Waals surface area contributed by atoms with Crippen LogP contribution in [0.1, 0.15) is 30.4 Å². The Morgan fingerprint density at radius 2 is 2.21 bits per heavy atom. The van der Waals surface area contributed by atoms with Gasteiger partial charge in [0.05, 0.1) is 6.61 Å². The lowest BCUT2D eigenvalue weighted by Crippen LogP contribution is -2.31. The first-order valence-electron chi connectivity index (χ1n) is 7.34. The topological polar surface area (TPSA) is 38.5 Å². The Labute approximate surface area is 115 Å². The molecule has 0 unspecified atom stereocenters. The number of nitrogens with zero attached hydrogens (tertiary/aromatic N) is 1. The van der Waals surface area contributed by atoms with E-state index in [9.17, 15) is 0 Å². The zero-order chi connectivity index (χ0) is 13.3. The minimum atomic E-state index is 0.423. The summed E-state index contributed by atoms with van der Waals surface area (Å²) in [5.41, 5.74) is 9.04. The van der Waals surface area contributed by atoms with Gasteiger partial charge < -0.3 is 15.4 Å². The van der Waals surface area contributed by atoms with E-state index in [0.29, 0.717) is 5.41 Å². The summed E-state index contributed by atoms with van der Waals surface area (Å²) in [6.45, 7) is 3.83. The van der Waals surface area contributed by atoms with Crippen molar-refractivity contribution in [2.75, 3.05) is 26.7 Å². The van der Waals surface area contributed by atoms with Crippen LogP contribution in [0.4, 0.5) is 0 Å². The van der Waals surface area contributed by atoms with Crippen LogP contribution < -0.4 is 10.5 Å². The van der Waals surface area contributed by atoms with Gasteiger partial charge in [-0.2, -0.15) is 0 Å². The van der Waals surface area contributed by atoms with Gasteiger partial charge in [0, 0.05) is 13.1 Å². The number of rotatable bonds is 5. The van der Waals surface area contributed by atoms with Crippen molar-refractivity contribution in [3.8, 4) is 5.75 Å². The summed E-state index contributed by atoms with van der Waals surface area (Å²) in [4.78, 5) is 2.41. The van der Waals surface area contributed by atoms with Crippen LogP contribution in [0.25, 0.3) is 0 Å². The summed E-state index contributed by atoms with van der Waals surface area (Å²) in [5, 5.41) is 0. The van der Waals surface area contributed by atoms with Gasteiger partial charge >= 0.3 is 0 Å². The monoisotopic (exact) mass is 260 g/mol. The molecule has 1 aromatic rings. The zero-order valence-corrected chi connectivity index (χ0v) is 11.8. The summed E-state index contributed by atoms with van der Waals surface area (Å²) in [6, 6.07) is 6.64. The number of benzene rings is 1. The number of aryl methyl sites for hydroxylation is 1. The molecule has 3 rings (SSSR count). The van der Waals surface area contributed by atoms with Crippen LogP contribution in [-0.2, 0) is 13.0 Å². The second-order valence-electron chi connectivity index (χ2n) is 6.27. The fourth-order valence-corrected chi connectivity index (χ4v) is 3.06. The summed E-state index contributed by atoms with van der Waals surface area (Å²) in [7, 11) is 2.20. The van der Waals surface area contributed by atoms with Crippen LogP contribution in [0.3, 0.4) is 0 Å². The van der Waals surface area contributed by atoms with E-state index in [1.807, 2.05) is 0 Å². The van der Waals surface area contributed by atoms with Crippen molar-refractivity contribution >= 4 is 0 Å². The molecule has 104 valence electrons. The fourth-order valence-electron chi connectivity index (χ4n) is 3.06. The standard InChI is InChI=1S/C16H24N2O/c1-18(12-16(11-17)6-7-16)10-13-4-5-15-14(9-13)3-2-8-19-15/h4-5,9H,2-3,6-8,10-12,17H2,1H3. The molecule has 2 N–H and O–H groups in total. The molecule has 1 aliphatic heterocycles. The number of hydrogen-bond acceptors (Lipinski definition) is 3. The van der Waals surface area contributed by atoms with E-state index in [-0.39, 0.29) is 0 Å². The van der Waals surface area contributed by atoms with Crippen LogP contribution in [0.15, 0.2) is 18.2 Å². The van der Waals surface area contributed by atoms with Crippen molar-refractivity contribution in [1.82, 2.24) is 4.90 Å². The molecule has 0 bridgehead atoms. The molecule has 0 spiro atoms. The molecule has 1 saturated carbocycles. The highest BCUT2D eigenvalue weighted by atomic mass is 16.5. The Hall–Kier alpha value is -1.06. The van der Waals surface area contributed by atoms with Gasteiger partial charge in [-0.3, -0.25) is 0 Å². The Bertz CT molecular complexity index is 454. The van der Waals surface area contributed by atoms with Crippen molar-refractivity contribution in [3.05, 3.63) is 29.3 Å². The molecule has 1 aliphatic carbocycles. The first kappa shape index (κ1) is 12.9. The minimum absolute atomic E-state index is 0.423. The fraction of sp³-hybridized carbons (Fsp3) is 0.625. The molecule has 1 heterocycles. The molecule has 3 nitrogen and oxygen atoms in total. The molecule has 0 amide bonds. The van der Waals surface area contributed by atoms with Gasteiger partial charge in [0.2, 0.25) is 0 Å². The van der Waals surface area contributed by atoms with Crippen molar-refractivity contribution in [2.45, 2.75) is 32.2 Å². The molecule has 0 atom stereocenters. The van der Waals surface area contributed by atoms with Crippen LogP contribution >= 0.6 is 0 Å². The maximum atomic E-state index is 5.86. The Balaban J connectivity index is 1.63. The van der Waals surface area contributed by atoms with Gasteiger partial charge in [0.25, 0.3) is 0 Å². The average Bonchev–Trinajstić information content (AvgIpc) is 3.19. The van der Waals surface area contributed by atoms with Crippen LogP contribution in [-0.4, -0.2) is 31.6 Å². The molecule has 2 aliphatic rings. The third kappa shape index (κ3) is 2.93. The zero-order valence-electron chi connectivity index (χ0n) is 11.8. The quantitative estimate of drug-likeness (QED) is 0.882. The summed E-state index contributed by atoms with van der Waals surface area (Å²) < 4.78 is 5.66. The first-order valence-corrected chi connectivity index (χ1v) is 7.34. The van der Waals surface area contributed by atoms with E-state index < -0.39 is 0 Å². The van der Waals surface area contributed by atoms with Gasteiger partial charge in [-0.25, -0.2) is 0 Å². The highest BCUT2D eigenvalue weighted by molar-refractivity contribution is 5.38. The van der Waals surface area contributed by atoms with E-state index in [2.05, 4.69) is 30.1 Å². The smallest absolute Gasteiger partial charge is 0.122 e. The predicted octanol–water partition coefficient (Wildman–Crippen LogP) is 2.18. The van der Waals surface area contributed by atoms with Crippen molar-refractivity contribution in [2.24, 2.45) is 11.1 Å². The van der Waals surface area contributed by atoms with E-state index in [1.165, 1.54) is 24.0 Å². The van der Waals surface area contributed by atoms with Gasteiger partial charge in [0.15, 0.2) is 0 Å². The summed E-state index contributed by atoms with van der Waals surface area (Å²) in [6.07, 6.45) is 4.89. The van der Waals surface area contributed by atoms with E-state index in [1.54, 1.807) is 0 Å². The maximum Gasteiger partial charge on any atom is 0.122 e. The second-order valence-corrected chi connectivity index (χ2v) is 6.27. The molecular weight excluding hydrogens is 236 g/mol. The van der Waals surface area contributed by atoms with Crippen LogP contribution in [0, 0.1) is 5.41 Å². The maximum absolute atomic E-state index is 5.86. The second kappa shape index (κ2) is 5.14. The Morgan fingerprint density at radius 1 is 1.37 bits per heavy atom. The minimum Gasteiger partial charge on any atom is -0.493 e. The van der Waals surface area contributed by atoms with Gasteiger partial charge in [-0.05, 0) is 61.9 Å². The summed E-state index contributed by atoms with van der Waals surface area (Å²) in [5.74, 6) is 1.08. The molecule has 0 radical (unpaired) electrons. The third-order valence-electron chi connectivity index (χ3n) is 4.42. The molecular formula is C16H24N2O. The highest BCUT2D eigenvalue weighted by Gasteiger charge is 2.41. The SMILES string of the molecule is CN(Cc1ccc2c(c1)CCCO2)CC1(CN)CC1. The van der Waals surface area contributed by atoms with Crippen molar-refractivity contribution < 1.29 is 4.74 Å². The van der Waals surface area contributed by atoms with Crippen molar-refractivity contribution in [3.63, 3.8) is 0 Å². The van der Waals surface area contributed by atoms with Crippen LogP contribution in [0.2, 0.25) is 0 Å². The Morgan fingerprint density at radius 3 is 2.95 bits per heavy atom. The van der Waals surface area contributed by atoms with Crippen molar-refractivity contribution in [1.29, 1.82) is 0 Å².